The number of hydrogen-bond donors (Lipinski definition) is 2. The van der Waals surface area contributed by atoms with Crippen LogP contribution < -0.4 is 15.4 Å². The number of aryl methyl sites for hydroxylation is 1. The Morgan fingerprint density at radius 1 is 1.00 bits per heavy atom. The molecule has 190 valence electrons. The monoisotopic (exact) mass is 518 g/mol. The number of ether oxygens (including phenoxy) is 1. The summed E-state index contributed by atoms with van der Waals surface area (Å²) in [7, 11) is 0. The van der Waals surface area contributed by atoms with Gasteiger partial charge in [0.05, 0.1) is 22.1 Å². The van der Waals surface area contributed by atoms with Crippen molar-refractivity contribution in [1.82, 2.24) is 9.78 Å². The Labute approximate surface area is 220 Å². The third-order valence-corrected chi connectivity index (χ3v) is 6.83. The number of nitrogens with zero attached hydrogens (tertiary/aromatic N) is 2. The number of amides is 2. The number of aromatic nitrogens is 2. The Bertz CT molecular complexity index is 1400. The second kappa shape index (κ2) is 11.0. The molecule has 0 saturated heterocycles. The van der Waals surface area contributed by atoms with Gasteiger partial charge in [-0.3, -0.25) is 0 Å². The minimum absolute atomic E-state index is 0.202. The first-order chi connectivity index (χ1) is 18.0. The first-order valence-electron chi connectivity index (χ1n) is 12.4. The Balaban J connectivity index is 1.30. The van der Waals surface area contributed by atoms with E-state index < -0.39 is 5.82 Å². The molecule has 8 heteroatoms. The molecule has 0 unspecified atom stereocenters. The lowest BCUT2D eigenvalue weighted by Gasteiger charge is -2.22. The van der Waals surface area contributed by atoms with Gasteiger partial charge in [0.25, 0.3) is 0 Å². The quantitative estimate of drug-likeness (QED) is 0.269. The highest BCUT2D eigenvalue weighted by atomic mass is 35.5. The Morgan fingerprint density at radius 3 is 2.51 bits per heavy atom. The first-order valence-corrected chi connectivity index (χ1v) is 12.8. The Morgan fingerprint density at radius 2 is 1.76 bits per heavy atom. The van der Waals surface area contributed by atoms with Crippen molar-refractivity contribution in [3.05, 3.63) is 94.9 Å². The molecule has 0 radical (unpaired) electrons. The van der Waals surface area contributed by atoms with Crippen LogP contribution in [0.25, 0.3) is 5.69 Å². The van der Waals surface area contributed by atoms with Gasteiger partial charge in [-0.05, 0) is 73.7 Å². The van der Waals surface area contributed by atoms with E-state index in [0.717, 1.165) is 5.69 Å². The molecule has 3 aromatic carbocycles. The van der Waals surface area contributed by atoms with E-state index >= 15 is 0 Å². The molecule has 6 nitrogen and oxygen atoms in total. The minimum Gasteiger partial charge on any atom is -0.437 e. The molecule has 1 aliphatic carbocycles. The molecule has 1 aliphatic rings. The molecule has 5 rings (SSSR count). The van der Waals surface area contributed by atoms with Gasteiger partial charge >= 0.3 is 6.03 Å². The van der Waals surface area contributed by atoms with Crippen molar-refractivity contribution in [3.63, 3.8) is 0 Å². The molecule has 0 bridgehead atoms. The summed E-state index contributed by atoms with van der Waals surface area (Å²) in [5.41, 5.74) is 3.70. The van der Waals surface area contributed by atoms with E-state index in [1.807, 2.05) is 19.1 Å². The number of rotatable bonds is 6. The smallest absolute Gasteiger partial charge is 0.323 e. The highest BCUT2D eigenvalue weighted by Crippen LogP contribution is 2.34. The topological polar surface area (TPSA) is 68.2 Å². The molecular formula is C29H28ClFN4O2. The summed E-state index contributed by atoms with van der Waals surface area (Å²) in [5.74, 6) is 0.968. The Kier molecular flexibility index (Phi) is 7.42. The normalized spacial score (nSPS) is 13.8. The van der Waals surface area contributed by atoms with Crippen molar-refractivity contribution in [1.29, 1.82) is 0 Å². The number of urea groups is 1. The lowest BCUT2D eigenvalue weighted by Crippen LogP contribution is -2.19. The summed E-state index contributed by atoms with van der Waals surface area (Å²) in [4.78, 5) is 12.8. The first kappa shape index (κ1) is 24.8. The van der Waals surface area contributed by atoms with E-state index in [1.165, 1.54) is 60.5 Å². The molecule has 2 N–H and O–H groups in total. The number of benzene rings is 3. The summed E-state index contributed by atoms with van der Waals surface area (Å²) in [6, 6.07) is 20.6. The van der Waals surface area contributed by atoms with Crippen molar-refractivity contribution < 1.29 is 13.9 Å². The van der Waals surface area contributed by atoms with Crippen LogP contribution in [-0.2, 0) is 0 Å². The molecule has 2 amide bonds. The third kappa shape index (κ3) is 5.94. The Hall–Kier alpha value is -3.84. The predicted molar refractivity (Wildman–Crippen MR) is 145 cm³/mol. The molecule has 37 heavy (non-hydrogen) atoms. The van der Waals surface area contributed by atoms with E-state index in [1.54, 1.807) is 30.3 Å². The van der Waals surface area contributed by atoms with Gasteiger partial charge in [0.2, 0.25) is 5.88 Å². The summed E-state index contributed by atoms with van der Waals surface area (Å²) < 4.78 is 21.2. The largest absolute Gasteiger partial charge is 0.437 e. The van der Waals surface area contributed by atoms with Crippen LogP contribution in [0.2, 0.25) is 5.02 Å². The predicted octanol–water partition coefficient (Wildman–Crippen LogP) is 8.46. The SMILES string of the molecule is Cc1cc(Oc2ccccc2NC(=O)Nc2ccc(C3CCCCC3)cc2)n(-c2ccc(F)cc2Cl)n1. The fraction of sp³-hybridized carbons (Fsp3) is 0.241. The second-order valence-corrected chi connectivity index (χ2v) is 9.67. The maximum Gasteiger partial charge on any atom is 0.323 e. The van der Waals surface area contributed by atoms with Crippen LogP contribution in [0.5, 0.6) is 11.6 Å². The molecule has 1 fully saturated rings. The zero-order valence-corrected chi connectivity index (χ0v) is 21.3. The second-order valence-electron chi connectivity index (χ2n) is 9.27. The van der Waals surface area contributed by atoms with Crippen LogP contribution in [-0.4, -0.2) is 15.8 Å². The average Bonchev–Trinajstić information content (AvgIpc) is 3.25. The molecule has 0 atom stereocenters. The van der Waals surface area contributed by atoms with Crippen LogP contribution in [0, 0.1) is 12.7 Å². The van der Waals surface area contributed by atoms with Crippen molar-refractivity contribution in [2.45, 2.75) is 44.9 Å². The van der Waals surface area contributed by atoms with Crippen molar-refractivity contribution in [2.24, 2.45) is 0 Å². The minimum atomic E-state index is -0.440. The third-order valence-electron chi connectivity index (χ3n) is 6.53. The van der Waals surface area contributed by atoms with Gasteiger partial charge in [-0.1, -0.05) is 55.1 Å². The number of nitrogens with one attached hydrogen (secondary N) is 2. The van der Waals surface area contributed by atoms with Crippen molar-refractivity contribution >= 4 is 29.0 Å². The van der Waals surface area contributed by atoms with E-state index in [2.05, 4.69) is 27.9 Å². The fourth-order valence-electron chi connectivity index (χ4n) is 4.70. The average molecular weight is 519 g/mol. The number of para-hydroxylation sites is 2. The van der Waals surface area contributed by atoms with Gasteiger partial charge in [0.1, 0.15) is 5.82 Å². The molecule has 4 aromatic rings. The summed E-state index contributed by atoms with van der Waals surface area (Å²) in [6.07, 6.45) is 6.35. The molecule has 0 aliphatic heterocycles. The van der Waals surface area contributed by atoms with Crippen molar-refractivity contribution in [2.75, 3.05) is 10.6 Å². The number of carbonyl (C=O) groups is 1. The van der Waals surface area contributed by atoms with Crippen LogP contribution in [0.1, 0.15) is 49.3 Å². The van der Waals surface area contributed by atoms with Gasteiger partial charge in [-0.15, -0.1) is 0 Å². The maximum absolute atomic E-state index is 13.6. The summed E-state index contributed by atoms with van der Waals surface area (Å²) in [5, 5.41) is 10.4. The highest BCUT2D eigenvalue weighted by molar-refractivity contribution is 6.32. The van der Waals surface area contributed by atoms with Crippen LogP contribution in [0.4, 0.5) is 20.6 Å². The van der Waals surface area contributed by atoms with E-state index in [9.17, 15) is 9.18 Å². The zero-order valence-electron chi connectivity index (χ0n) is 20.5. The van der Waals surface area contributed by atoms with Crippen LogP contribution in [0.3, 0.4) is 0 Å². The lowest BCUT2D eigenvalue weighted by molar-refractivity contribution is 0.262. The van der Waals surface area contributed by atoms with Crippen LogP contribution >= 0.6 is 11.6 Å². The van der Waals surface area contributed by atoms with Crippen LogP contribution in [0.15, 0.2) is 72.8 Å². The molecular weight excluding hydrogens is 491 g/mol. The van der Waals surface area contributed by atoms with E-state index in [-0.39, 0.29) is 11.1 Å². The van der Waals surface area contributed by atoms with Crippen molar-refractivity contribution in [3.8, 4) is 17.3 Å². The standard InChI is InChI=1S/C29H28ClFN4O2/c1-19-17-28(35(34-19)26-16-13-22(31)18-24(26)30)37-27-10-6-5-9-25(27)33-29(36)32-23-14-11-21(12-15-23)20-7-3-2-4-8-20/h5-6,9-18,20H,2-4,7-8H2,1H3,(H2,32,33,36). The number of hydrogen-bond acceptors (Lipinski definition) is 3. The lowest BCUT2D eigenvalue weighted by atomic mass is 9.84. The fourth-order valence-corrected chi connectivity index (χ4v) is 4.95. The van der Waals surface area contributed by atoms with Gasteiger partial charge in [0.15, 0.2) is 5.75 Å². The number of anilines is 2. The van der Waals surface area contributed by atoms with Gasteiger partial charge in [-0.25, -0.2) is 9.18 Å². The number of carbonyl (C=O) groups excluding carboxylic acids is 1. The summed E-state index contributed by atoms with van der Waals surface area (Å²) in [6.45, 7) is 1.82. The van der Waals surface area contributed by atoms with Gasteiger partial charge < -0.3 is 15.4 Å². The number of halogens is 2. The van der Waals surface area contributed by atoms with E-state index in [4.69, 9.17) is 16.3 Å². The van der Waals surface area contributed by atoms with Gasteiger partial charge in [0, 0.05) is 11.8 Å². The zero-order chi connectivity index (χ0) is 25.8. The molecule has 1 heterocycles. The maximum atomic E-state index is 13.6. The molecule has 1 saturated carbocycles. The highest BCUT2D eigenvalue weighted by Gasteiger charge is 2.17. The van der Waals surface area contributed by atoms with Gasteiger partial charge in [-0.2, -0.15) is 9.78 Å². The van der Waals surface area contributed by atoms with E-state index in [0.29, 0.717) is 34.6 Å². The summed E-state index contributed by atoms with van der Waals surface area (Å²) >= 11 is 6.26. The molecule has 0 spiro atoms. The molecule has 1 aromatic heterocycles.